The highest BCUT2D eigenvalue weighted by Gasteiger charge is 2.31. The molecule has 2 aromatic carbocycles. The predicted octanol–water partition coefficient (Wildman–Crippen LogP) is 3.06. The second-order valence-electron chi connectivity index (χ2n) is 6.80. The van der Waals surface area contributed by atoms with Crippen LogP contribution in [0.15, 0.2) is 54.6 Å². The van der Waals surface area contributed by atoms with E-state index < -0.39 is 0 Å². The van der Waals surface area contributed by atoms with Crippen LogP contribution in [0, 0.1) is 0 Å². The maximum Gasteiger partial charge on any atom is 0.242 e. The van der Waals surface area contributed by atoms with E-state index in [2.05, 4.69) is 0 Å². The van der Waals surface area contributed by atoms with Crippen LogP contribution >= 0.6 is 0 Å². The van der Waals surface area contributed by atoms with Crippen molar-refractivity contribution in [3.63, 3.8) is 0 Å². The van der Waals surface area contributed by atoms with E-state index in [1.807, 2.05) is 66.4 Å². The van der Waals surface area contributed by atoms with Crippen LogP contribution in [-0.4, -0.2) is 48.4 Å². The standard InChI is InChI=1S/C22H26N2O3/c1-3-20(18-9-5-4-6-10-18)22(26)24-13-12-23(21(25)16-24)15-17-8-7-11-19(14-17)27-2/h4-11,14,20H,3,12-13,15-16H2,1-2H3/t20-/m0/s1. The van der Waals surface area contributed by atoms with Gasteiger partial charge in [0.25, 0.3) is 0 Å². The third kappa shape index (κ3) is 4.48. The number of ether oxygens (including phenoxy) is 1. The molecule has 5 nitrogen and oxygen atoms in total. The molecule has 1 heterocycles. The molecule has 27 heavy (non-hydrogen) atoms. The fourth-order valence-electron chi connectivity index (χ4n) is 3.51. The van der Waals surface area contributed by atoms with Crippen LogP contribution in [0.2, 0.25) is 0 Å². The van der Waals surface area contributed by atoms with Gasteiger partial charge in [-0.15, -0.1) is 0 Å². The molecule has 0 aliphatic carbocycles. The molecular formula is C22H26N2O3. The molecule has 5 heteroatoms. The number of amides is 2. The molecular weight excluding hydrogens is 340 g/mol. The Hall–Kier alpha value is -2.82. The van der Waals surface area contributed by atoms with Gasteiger partial charge in [-0.2, -0.15) is 0 Å². The lowest BCUT2D eigenvalue weighted by Gasteiger charge is -2.36. The first kappa shape index (κ1) is 19.0. The number of hydrogen-bond acceptors (Lipinski definition) is 3. The van der Waals surface area contributed by atoms with Crippen molar-refractivity contribution < 1.29 is 14.3 Å². The second-order valence-corrected chi connectivity index (χ2v) is 6.80. The summed E-state index contributed by atoms with van der Waals surface area (Å²) >= 11 is 0. The van der Waals surface area contributed by atoms with E-state index in [0.29, 0.717) is 19.6 Å². The summed E-state index contributed by atoms with van der Waals surface area (Å²) in [7, 11) is 1.63. The van der Waals surface area contributed by atoms with E-state index >= 15 is 0 Å². The van der Waals surface area contributed by atoms with Crippen molar-refractivity contribution in [2.75, 3.05) is 26.7 Å². The lowest BCUT2D eigenvalue weighted by molar-refractivity contribution is -0.146. The van der Waals surface area contributed by atoms with Crippen molar-refractivity contribution in [3.05, 3.63) is 65.7 Å². The first-order valence-electron chi connectivity index (χ1n) is 9.36. The summed E-state index contributed by atoms with van der Waals surface area (Å²) in [5, 5.41) is 0. The van der Waals surface area contributed by atoms with Crippen LogP contribution in [0.4, 0.5) is 0 Å². The maximum absolute atomic E-state index is 13.0. The maximum atomic E-state index is 13.0. The molecule has 142 valence electrons. The molecule has 0 spiro atoms. The Labute approximate surface area is 160 Å². The molecule has 1 atom stereocenters. The average molecular weight is 366 g/mol. The van der Waals surface area contributed by atoms with Gasteiger partial charge in [-0.05, 0) is 29.7 Å². The molecule has 2 aromatic rings. The second kappa shape index (κ2) is 8.71. The number of benzene rings is 2. The Morgan fingerprint density at radius 3 is 2.56 bits per heavy atom. The monoisotopic (exact) mass is 366 g/mol. The minimum Gasteiger partial charge on any atom is -0.497 e. The number of carbonyl (C=O) groups is 2. The lowest BCUT2D eigenvalue weighted by atomic mass is 9.94. The van der Waals surface area contributed by atoms with Gasteiger partial charge in [0.15, 0.2) is 0 Å². The van der Waals surface area contributed by atoms with Crippen LogP contribution in [0.5, 0.6) is 5.75 Å². The third-order valence-electron chi connectivity index (χ3n) is 5.05. The highest BCUT2D eigenvalue weighted by Crippen LogP contribution is 2.23. The smallest absolute Gasteiger partial charge is 0.242 e. The first-order valence-corrected chi connectivity index (χ1v) is 9.36. The van der Waals surface area contributed by atoms with Crippen LogP contribution in [0.25, 0.3) is 0 Å². The predicted molar refractivity (Wildman–Crippen MR) is 104 cm³/mol. The van der Waals surface area contributed by atoms with E-state index in [4.69, 9.17) is 4.74 Å². The van der Waals surface area contributed by atoms with E-state index in [-0.39, 0.29) is 24.3 Å². The number of carbonyl (C=O) groups excluding carboxylic acids is 2. The molecule has 0 aromatic heterocycles. The van der Waals surface area contributed by atoms with E-state index in [0.717, 1.165) is 23.3 Å². The number of rotatable bonds is 6. The van der Waals surface area contributed by atoms with Crippen LogP contribution in [0.1, 0.15) is 30.4 Å². The fourth-order valence-corrected chi connectivity index (χ4v) is 3.51. The zero-order valence-electron chi connectivity index (χ0n) is 15.9. The molecule has 1 saturated heterocycles. The topological polar surface area (TPSA) is 49.9 Å². The van der Waals surface area contributed by atoms with Gasteiger partial charge in [-0.1, -0.05) is 49.4 Å². The summed E-state index contributed by atoms with van der Waals surface area (Å²) in [6, 6.07) is 17.5. The number of hydrogen-bond donors (Lipinski definition) is 0. The normalized spacial score (nSPS) is 15.6. The molecule has 2 amide bonds. The van der Waals surface area contributed by atoms with Crippen LogP contribution in [-0.2, 0) is 16.1 Å². The highest BCUT2D eigenvalue weighted by molar-refractivity contribution is 5.89. The lowest BCUT2D eigenvalue weighted by Crippen LogP contribution is -2.52. The summed E-state index contributed by atoms with van der Waals surface area (Å²) < 4.78 is 5.24. The minimum absolute atomic E-state index is 0.0136. The Morgan fingerprint density at radius 1 is 1.11 bits per heavy atom. The summed E-state index contributed by atoms with van der Waals surface area (Å²) in [6.07, 6.45) is 0.723. The van der Waals surface area contributed by atoms with Crippen LogP contribution in [0.3, 0.4) is 0 Å². The number of methoxy groups -OCH3 is 1. The molecule has 0 unspecified atom stereocenters. The summed E-state index contributed by atoms with van der Waals surface area (Å²) in [4.78, 5) is 29.1. The van der Waals surface area contributed by atoms with Crippen molar-refractivity contribution in [2.24, 2.45) is 0 Å². The molecule has 0 radical (unpaired) electrons. The van der Waals surface area contributed by atoms with Crippen molar-refractivity contribution in [2.45, 2.75) is 25.8 Å². The van der Waals surface area contributed by atoms with Gasteiger partial charge >= 0.3 is 0 Å². The Morgan fingerprint density at radius 2 is 1.89 bits per heavy atom. The fraction of sp³-hybridized carbons (Fsp3) is 0.364. The molecule has 0 saturated carbocycles. The Kier molecular flexibility index (Phi) is 6.12. The van der Waals surface area contributed by atoms with E-state index in [1.165, 1.54) is 0 Å². The average Bonchev–Trinajstić information content (AvgIpc) is 2.71. The van der Waals surface area contributed by atoms with Gasteiger partial charge in [0.2, 0.25) is 11.8 Å². The van der Waals surface area contributed by atoms with Gasteiger partial charge in [-0.25, -0.2) is 0 Å². The largest absolute Gasteiger partial charge is 0.497 e. The molecule has 1 aliphatic rings. The van der Waals surface area contributed by atoms with Gasteiger partial charge in [-0.3, -0.25) is 9.59 Å². The van der Waals surface area contributed by atoms with Gasteiger partial charge < -0.3 is 14.5 Å². The molecule has 3 rings (SSSR count). The highest BCUT2D eigenvalue weighted by atomic mass is 16.5. The number of nitrogens with zero attached hydrogens (tertiary/aromatic N) is 2. The minimum atomic E-state index is -0.191. The number of piperazine rings is 1. The van der Waals surface area contributed by atoms with Gasteiger partial charge in [0, 0.05) is 19.6 Å². The summed E-state index contributed by atoms with van der Waals surface area (Å²) in [6.45, 7) is 3.81. The van der Waals surface area contributed by atoms with Crippen molar-refractivity contribution in [1.29, 1.82) is 0 Å². The van der Waals surface area contributed by atoms with E-state index in [9.17, 15) is 9.59 Å². The van der Waals surface area contributed by atoms with Crippen molar-refractivity contribution in [3.8, 4) is 5.75 Å². The third-order valence-corrected chi connectivity index (χ3v) is 5.05. The molecule has 0 bridgehead atoms. The molecule has 1 aliphatic heterocycles. The van der Waals surface area contributed by atoms with Gasteiger partial charge in [0.1, 0.15) is 5.75 Å². The Bertz CT molecular complexity index is 791. The first-order chi connectivity index (χ1) is 13.1. The summed E-state index contributed by atoms with van der Waals surface area (Å²) in [5.74, 6) is 0.616. The van der Waals surface area contributed by atoms with Crippen molar-refractivity contribution in [1.82, 2.24) is 9.80 Å². The van der Waals surface area contributed by atoms with Crippen LogP contribution < -0.4 is 4.74 Å². The molecule has 1 fully saturated rings. The van der Waals surface area contributed by atoms with Crippen molar-refractivity contribution >= 4 is 11.8 Å². The SMILES string of the molecule is CC[C@H](C(=O)N1CCN(Cc2cccc(OC)c2)C(=O)C1)c1ccccc1. The zero-order valence-corrected chi connectivity index (χ0v) is 15.9. The zero-order chi connectivity index (χ0) is 19.2. The molecule has 0 N–H and O–H groups in total. The van der Waals surface area contributed by atoms with Gasteiger partial charge in [0.05, 0.1) is 19.6 Å². The summed E-state index contributed by atoms with van der Waals surface area (Å²) in [5.41, 5.74) is 2.04. The van der Waals surface area contributed by atoms with E-state index in [1.54, 1.807) is 12.0 Å². The Balaban J connectivity index is 1.63. The quantitative estimate of drug-likeness (QED) is 0.789.